The summed E-state index contributed by atoms with van der Waals surface area (Å²) in [7, 11) is 0. The number of likely N-dealkylation sites (tertiary alicyclic amines) is 1. The van der Waals surface area contributed by atoms with Gasteiger partial charge in [-0.3, -0.25) is 4.79 Å². The molecule has 2 rings (SSSR count). The van der Waals surface area contributed by atoms with Crippen molar-refractivity contribution in [3.8, 4) is 6.07 Å². The molecule has 0 aromatic carbocycles. The van der Waals surface area contributed by atoms with Crippen LogP contribution in [0.5, 0.6) is 0 Å². The molecule has 0 aliphatic carbocycles. The molecule has 0 saturated carbocycles. The Morgan fingerprint density at radius 2 is 2.36 bits per heavy atom. The lowest BCUT2D eigenvalue weighted by Gasteiger charge is -2.19. The number of nitrogens with zero attached hydrogens (tertiary/aromatic N) is 2. The average molecular weight is 193 g/mol. The number of hydrogen-bond acceptors (Lipinski definition) is 3. The zero-order valence-electron chi connectivity index (χ0n) is 8.20. The van der Waals surface area contributed by atoms with Crippen LogP contribution in [0, 0.1) is 23.2 Å². The van der Waals surface area contributed by atoms with Crippen molar-refractivity contribution in [1.29, 1.82) is 5.26 Å². The molecule has 14 heavy (non-hydrogen) atoms. The Bertz CT molecular complexity index is 265. The first kappa shape index (κ1) is 9.47. The number of amides is 1. The van der Waals surface area contributed by atoms with E-state index < -0.39 is 0 Å². The number of nitrogens with one attached hydrogen (secondary N) is 1. The molecule has 0 bridgehead atoms. The van der Waals surface area contributed by atoms with Crippen LogP contribution in [0.4, 0.5) is 0 Å². The summed E-state index contributed by atoms with van der Waals surface area (Å²) in [5.41, 5.74) is 0. The third-order valence-corrected chi connectivity index (χ3v) is 3.09. The average Bonchev–Trinajstić information content (AvgIpc) is 2.88. The first-order valence-electron chi connectivity index (χ1n) is 5.20. The molecule has 2 heterocycles. The van der Waals surface area contributed by atoms with Crippen LogP contribution >= 0.6 is 0 Å². The maximum atomic E-state index is 11.9. The molecule has 2 aliphatic heterocycles. The van der Waals surface area contributed by atoms with Gasteiger partial charge in [0.25, 0.3) is 0 Å². The molecule has 2 saturated heterocycles. The van der Waals surface area contributed by atoms with Gasteiger partial charge in [0.15, 0.2) is 0 Å². The molecule has 0 aromatic rings. The highest BCUT2D eigenvalue weighted by Gasteiger charge is 2.31. The van der Waals surface area contributed by atoms with E-state index in [4.69, 9.17) is 5.26 Å². The van der Waals surface area contributed by atoms with Gasteiger partial charge in [-0.1, -0.05) is 0 Å². The quantitative estimate of drug-likeness (QED) is 0.636. The summed E-state index contributed by atoms with van der Waals surface area (Å²) in [6.07, 6.45) is 1.80. The summed E-state index contributed by atoms with van der Waals surface area (Å²) in [6.45, 7) is 3.18. The third-order valence-electron chi connectivity index (χ3n) is 3.09. The van der Waals surface area contributed by atoms with E-state index >= 15 is 0 Å². The summed E-state index contributed by atoms with van der Waals surface area (Å²) in [5.74, 6) is 0.466. The van der Waals surface area contributed by atoms with E-state index in [1.165, 1.54) is 0 Å². The van der Waals surface area contributed by atoms with Crippen LogP contribution in [-0.4, -0.2) is 37.0 Å². The minimum atomic E-state index is 0.0633. The van der Waals surface area contributed by atoms with Crippen molar-refractivity contribution in [2.75, 3.05) is 26.2 Å². The summed E-state index contributed by atoms with van der Waals surface area (Å²) < 4.78 is 0. The van der Waals surface area contributed by atoms with Gasteiger partial charge in [0.2, 0.25) is 5.91 Å². The second kappa shape index (κ2) is 3.97. The SMILES string of the molecule is N#CC1CCN(C(=O)[C@@H]2CCNC2)C1. The summed E-state index contributed by atoms with van der Waals surface area (Å²) in [4.78, 5) is 13.7. The highest BCUT2D eigenvalue weighted by atomic mass is 16.2. The molecule has 0 aromatic heterocycles. The van der Waals surface area contributed by atoms with Gasteiger partial charge in [-0.05, 0) is 19.4 Å². The second-order valence-electron chi connectivity index (χ2n) is 4.09. The lowest BCUT2D eigenvalue weighted by Crippen LogP contribution is -2.35. The predicted octanol–water partition coefficient (Wildman–Crippen LogP) is -0.0320. The van der Waals surface area contributed by atoms with Crippen molar-refractivity contribution in [2.24, 2.45) is 11.8 Å². The van der Waals surface area contributed by atoms with Crippen molar-refractivity contribution in [3.05, 3.63) is 0 Å². The van der Waals surface area contributed by atoms with E-state index in [0.29, 0.717) is 6.54 Å². The van der Waals surface area contributed by atoms with Crippen molar-refractivity contribution >= 4 is 5.91 Å². The number of hydrogen-bond donors (Lipinski definition) is 1. The predicted molar refractivity (Wildman–Crippen MR) is 51.3 cm³/mol. The molecule has 76 valence electrons. The minimum absolute atomic E-state index is 0.0633. The Labute approximate surface area is 83.9 Å². The molecule has 1 N–H and O–H groups in total. The molecule has 2 aliphatic rings. The Morgan fingerprint density at radius 1 is 1.50 bits per heavy atom. The molecule has 2 atom stereocenters. The number of nitriles is 1. The molecule has 1 amide bonds. The summed E-state index contributed by atoms with van der Waals surface area (Å²) in [5, 5.41) is 11.9. The highest BCUT2D eigenvalue weighted by molar-refractivity contribution is 5.79. The fraction of sp³-hybridized carbons (Fsp3) is 0.800. The largest absolute Gasteiger partial charge is 0.341 e. The molecule has 4 heteroatoms. The van der Waals surface area contributed by atoms with Crippen LogP contribution in [0.3, 0.4) is 0 Å². The van der Waals surface area contributed by atoms with Crippen LogP contribution < -0.4 is 5.32 Å². The number of carbonyl (C=O) groups excluding carboxylic acids is 1. The lowest BCUT2D eigenvalue weighted by atomic mass is 10.1. The number of carbonyl (C=O) groups is 1. The van der Waals surface area contributed by atoms with Gasteiger partial charge in [0, 0.05) is 19.6 Å². The standard InChI is InChI=1S/C10H15N3O/c11-5-8-2-4-13(7-8)10(14)9-1-3-12-6-9/h8-9,12H,1-4,6-7H2/t8?,9-/m1/s1. The van der Waals surface area contributed by atoms with Gasteiger partial charge in [0.1, 0.15) is 0 Å². The number of rotatable bonds is 1. The fourth-order valence-corrected chi connectivity index (χ4v) is 2.19. The fourth-order valence-electron chi connectivity index (χ4n) is 2.19. The maximum Gasteiger partial charge on any atom is 0.227 e. The highest BCUT2D eigenvalue weighted by Crippen LogP contribution is 2.19. The molecule has 4 nitrogen and oxygen atoms in total. The minimum Gasteiger partial charge on any atom is -0.341 e. The van der Waals surface area contributed by atoms with E-state index in [1.807, 2.05) is 4.90 Å². The van der Waals surface area contributed by atoms with Crippen LogP contribution in [0.15, 0.2) is 0 Å². The monoisotopic (exact) mass is 193 g/mol. The van der Waals surface area contributed by atoms with E-state index in [1.54, 1.807) is 0 Å². The molecule has 2 fully saturated rings. The zero-order chi connectivity index (χ0) is 9.97. The normalized spacial score (nSPS) is 31.8. The van der Waals surface area contributed by atoms with E-state index in [2.05, 4.69) is 11.4 Å². The van der Waals surface area contributed by atoms with Crippen LogP contribution in [0.25, 0.3) is 0 Å². The molecule has 0 radical (unpaired) electrons. The van der Waals surface area contributed by atoms with Crippen LogP contribution in [0.2, 0.25) is 0 Å². The Morgan fingerprint density at radius 3 is 2.93 bits per heavy atom. The second-order valence-corrected chi connectivity index (χ2v) is 4.09. The summed E-state index contributed by atoms with van der Waals surface area (Å²) in [6, 6.07) is 2.23. The van der Waals surface area contributed by atoms with E-state index in [0.717, 1.165) is 32.5 Å². The first-order chi connectivity index (χ1) is 6.81. The smallest absolute Gasteiger partial charge is 0.227 e. The van der Waals surface area contributed by atoms with Crippen molar-refractivity contribution in [1.82, 2.24) is 10.2 Å². The Hall–Kier alpha value is -1.08. The topological polar surface area (TPSA) is 56.1 Å². The van der Waals surface area contributed by atoms with Gasteiger partial charge in [-0.2, -0.15) is 5.26 Å². The maximum absolute atomic E-state index is 11.9. The van der Waals surface area contributed by atoms with Crippen molar-refractivity contribution in [2.45, 2.75) is 12.8 Å². The molecular formula is C10H15N3O. The van der Waals surface area contributed by atoms with Gasteiger partial charge >= 0.3 is 0 Å². The van der Waals surface area contributed by atoms with Crippen LogP contribution in [0.1, 0.15) is 12.8 Å². The van der Waals surface area contributed by atoms with Crippen LogP contribution in [-0.2, 0) is 4.79 Å². The first-order valence-corrected chi connectivity index (χ1v) is 5.20. The molecule has 0 spiro atoms. The zero-order valence-corrected chi connectivity index (χ0v) is 8.20. The lowest BCUT2D eigenvalue weighted by molar-refractivity contribution is -0.133. The molecule has 1 unspecified atom stereocenters. The Balaban J connectivity index is 1.90. The van der Waals surface area contributed by atoms with Gasteiger partial charge in [-0.15, -0.1) is 0 Å². The van der Waals surface area contributed by atoms with Gasteiger partial charge < -0.3 is 10.2 Å². The molecular weight excluding hydrogens is 178 g/mol. The van der Waals surface area contributed by atoms with Gasteiger partial charge in [-0.25, -0.2) is 0 Å². The van der Waals surface area contributed by atoms with Crippen molar-refractivity contribution < 1.29 is 4.79 Å². The van der Waals surface area contributed by atoms with E-state index in [-0.39, 0.29) is 17.7 Å². The Kier molecular flexibility index (Phi) is 2.69. The third kappa shape index (κ3) is 1.73. The van der Waals surface area contributed by atoms with Gasteiger partial charge in [0.05, 0.1) is 17.9 Å². The van der Waals surface area contributed by atoms with E-state index in [9.17, 15) is 4.79 Å². The van der Waals surface area contributed by atoms with Crippen molar-refractivity contribution in [3.63, 3.8) is 0 Å². The summed E-state index contributed by atoms with van der Waals surface area (Å²) >= 11 is 0.